The lowest BCUT2D eigenvalue weighted by molar-refractivity contribution is -0.710. The molecule has 0 unspecified atom stereocenters. The number of ether oxygens (including phenoxy) is 1. The van der Waals surface area contributed by atoms with Gasteiger partial charge in [-0.25, -0.2) is 9.13 Å². The highest BCUT2D eigenvalue weighted by molar-refractivity contribution is 5.71. The van der Waals surface area contributed by atoms with Crippen LogP contribution in [0.4, 0.5) is 0 Å². The molecule has 0 atom stereocenters. The monoisotopic (exact) mass is 268 g/mol. The molecule has 1 aromatic carbocycles. The number of halogens is 1. The number of nitrogens with zero attached hydrogens (tertiary/aromatic N) is 2. The molecule has 2 aromatic rings. The molecule has 0 aliphatic rings. The zero-order valence-electron chi connectivity index (χ0n) is 11.1. The number of fused-ring (bicyclic) bond motifs is 1. The summed E-state index contributed by atoms with van der Waals surface area (Å²) in [6.45, 7) is 6.82. The lowest BCUT2D eigenvalue weighted by Gasteiger charge is -1.99. The van der Waals surface area contributed by atoms with Gasteiger partial charge in [0.05, 0.1) is 13.2 Å². The van der Waals surface area contributed by atoms with Crippen molar-refractivity contribution in [2.45, 2.75) is 40.0 Å². The van der Waals surface area contributed by atoms with Crippen molar-refractivity contribution in [3.05, 3.63) is 30.6 Å². The zero-order valence-corrected chi connectivity index (χ0v) is 11.9. The van der Waals surface area contributed by atoms with Crippen LogP contribution < -0.4 is 17.0 Å². The first-order chi connectivity index (χ1) is 8.36. The average Bonchev–Trinajstić information content (AvgIpc) is 2.73. The standard InChI is InChI=1S/C14H21N2O.ClH/c1-3-5-10-17-12-16-11-15(4-2)13-8-6-7-9-14(13)16;/h6-9,11H,3-5,10,12H2,1-2H3;1H/q+1;/p-1. The van der Waals surface area contributed by atoms with Crippen molar-refractivity contribution in [1.82, 2.24) is 4.57 Å². The molecule has 2 rings (SSSR count). The van der Waals surface area contributed by atoms with Crippen LogP contribution in [0.1, 0.15) is 26.7 Å². The van der Waals surface area contributed by atoms with Crippen LogP contribution in [0.25, 0.3) is 11.0 Å². The van der Waals surface area contributed by atoms with E-state index in [1.165, 1.54) is 17.5 Å². The smallest absolute Gasteiger partial charge is 0.246 e. The molecule has 0 N–H and O–H groups in total. The zero-order chi connectivity index (χ0) is 12.1. The molecule has 0 saturated carbocycles. The van der Waals surface area contributed by atoms with Crippen molar-refractivity contribution in [3.8, 4) is 0 Å². The first-order valence-electron chi connectivity index (χ1n) is 6.41. The van der Waals surface area contributed by atoms with Crippen molar-refractivity contribution >= 4 is 11.0 Å². The quantitative estimate of drug-likeness (QED) is 0.521. The van der Waals surface area contributed by atoms with Crippen LogP contribution in [0.3, 0.4) is 0 Å². The van der Waals surface area contributed by atoms with E-state index < -0.39 is 0 Å². The summed E-state index contributed by atoms with van der Waals surface area (Å²) in [5.74, 6) is 0. The van der Waals surface area contributed by atoms with Crippen molar-refractivity contribution in [1.29, 1.82) is 0 Å². The highest BCUT2D eigenvalue weighted by atomic mass is 35.5. The van der Waals surface area contributed by atoms with Crippen LogP contribution in [0.5, 0.6) is 0 Å². The number of aromatic nitrogens is 2. The Morgan fingerprint density at radius 3 is 2.72 bits per heavy atom. The topological polar surface area (TPSA) is 18.0 Å². The van der Waals surface area contributed by atoms with Crippen molar-refractivity contribution in [3.63, 3.8) is 0 Å². The van der Waals surface area contributed by atoms with Gasteiger partial charge in [-0.15, -0.1) is 0 Å². The Kier molecular flexibility index (Phi) is 6.16. The van der Waals surface area contributed by atoms with Gasteiger partial charge in [-0.05, 0) is 25.5 Å². The summed E-state index contributed by atoms with van der Waals surface area (Å²) in [6.07, 6.45) is 4.45. The molecular weight excluding hydrogens is 248 g/mol. The fraction of sp³-hybridized carbons (Fsp3) is 0.500. The summed E-state index contributed by atoms with van der Waals surface area (Å²) in [6, 6.07) is 8.45. The highest BCUT2D eigenvalue weighted by Gasteiger charge is 2.13. The SMILES string of the molecule is CCCCOC[n+]1cn(CC)c2ccccc21.[Cl-]. The van der Waals surface area contributed by atoms with Gasteiger partial charge < -0.3 is 17.1 Å². The first kappa shape index (κ1) is 15.0. The van der Waals surface area contributed by atoms with Gasteiger partial charge in [-0.1, -0.05) is 25.5 Å². The molecule has 0 aliphatic heterocycles. The second-order valence-corrected chi connectivity index (χ2v) is 4.25. The van der Waals surface area contributed by atoms with Crippen molar-refractivity contribution in [2.75, 3.05) is 6.61 Å². The van der Waals surface area contributed by atoms with E-state index in [4.69, 9.17) is 4.74 Å². The van der Waals surface area contributed by atoms with Crippen LogP contribution in [0.15, 0.2) is 30.6 Å². The molecule has 3 nitrogen and oxygen atoms in total. The fourth-order valence-electron chi connectivity index (χ4n) is 2.01. The van der Waals surface area contributed by atoms with E-state index in [-0.39, 0.29) is 12.4 Å². The van der Waals surface area contributed by atoms with Crippen LogP contribution in [0.2, 0.25) is 0 Å². The number of rotatable bonds is 6. The van der Waals surface area contributed by atoms with Gasteiger partial charge in [0.2, 0.25) is 6.33 Å². The molecule has 4 heteroatoms. The summed E-state index contributed by atoms with van der Waals surface area (Å²) in [5, 5.41) is 0. The molecule has 18 heavy (non-hydrogen) atoms. The Hall–Kier alpha value is -1.06. The summed E-state index contributed by atoms with van der Waals surface area (Å²) in [7, 11) is 0. The second kappa shape index (κ2) is 7.39. The third-order valence-electron chi connectivity index (χ3n) is 2.99. The van der Waals surface area contributed by atoms with Gasteiger partial charge in [-0.3, -0.25) is 0 Å². The molecule has 0 spiro atoms. The molecule has 0 saturated heterocycles. The summed E-state index contributed by atoms with van der Waals surface area (Å²) in [5.41, 5.74) is 2.51. The van der Waals surface area contributed by atoms with Gasteiger partial charge >= 0.3 is 0 Å². The predicted octanol–water partition coefficient (Wildman–Crippen LogP) is -0.273. The number of aryl methyl sites for hydroxylation is 1. The van der Waals surface area contributed by atoms with Gasteiger partial charge in [0.15, 0.2) is 17.8 Å². The van der Waals surface area contributed by atoms with Crippen LogP contribution in [-0.2, 0) is 18.0 Å². The van der Waals surface area contributed by atoms with E-state index in [1.807, 2.05) is 0 Å². The van der Waals surface area contributed by atoms with Crippen molar-refractivity contribution < 1.29 is 21.7 Å². The largest absolute Gasteiger partial charge is 1.00 e. The normalized spacial score (nSPS) is 10.6. The van der Waals surface area contributed by atoms with Crippen molar-refractivity contribution in [2.24, 2.45) is 0 Å². The first-order valence-corrected chi connectivity index (χ1v) is 6.41. The number of imidazole rings is 1. The summed E-state index contributed by atoms with van der Waals surface area (Å²) in [4.78, 5) is 0. The second-order valence-electron chi connectivity index (χ2n) is 4.25. The minimum atomic E-state index is 0. The fourth-order valence-corrected chi connectivity index (χ4v) is 2.01. The van der Waals surface area contributed by atoms with Gasteiger partial charge in [-0.2, -0.15) is 0 Å². The van der Waals surface area contributed by atoms with Gasteiger partial charge in [0.1, 0.15) is 0 Å². The van der Waals surface area contributed by atoms with Gasteiger partial charge in [0.25, 0.3) is 0 Å². The number of unbranched alkanes of at least 4 members (excludes halogenated alkanes) is 1. The molecular formula is C14H21ClN2O. The number of hydrogen-bond donors (Lipinski definition) is 0. The minimum absolute atomic E-state index is 0. The maximum atomic E-state index is 5.68. The molecule has 100 valence electrons. The number of benzene rings is 1. The maximum absolute atomic E-state index is 5.68. The lowest BCUT2D eigenvalue weighted by Crippen LogP contribution is -3.00. The van der Waals surface area contributed by atoms with E-state index in [0.29, 0.717) is 6.73 Å². The maximum Gasteiger partial charge on any atom is 0.246 e. The molecule has 0 amide bonds. The molecule has 0 fully saturated rings. The van der Waals surface area contributed by atoms with E-state index in [2.05, 4.69) is 53.6 Å². The average molecular weight is 269 g/mol. The minimum Gasteiger partial charge on any atom is -1.00 e. The molecule has 1 heterocycles. The predicted molar refractivity (Wildman–Crippen MR) is 68.7 cm³/mol. The van der Waals surface area contributed by atoms with E-state index in [0.717, 1.165) is 19.6 Å². The van der Waals surface area contributed by atoms with E-state index >= 15 is 0 Å². The Labute approximate surface area is 115 Å². The van der Waals surface area contributed by atoms with Gasteiger partial charge in [0, 0.05) is 0 Å². The molecule has 0 radical (unpaired) electrons. The Balaban J connectivity index is 0.00000162. The Morgan fingerprint density at radius 2 is 2.00 bits per heavy atom. The third kappa shape index (κ3) is 3.24. The van der Waals surface area contributed by atoms with E-state index in [1.54, 1.807) is 0 Å². The van der Waals surface area contributed by atoms with Crippen LogP contribution in [-0.4, -0.2) is 11.2 Å². The molecule has 0 aliphatic carbocycles. The summed E-state index contributed by atoms with van der Waals surface area (Å²) >= 11 is 0. The van der Waals surface area contributed by atoms with Crippen LogP contribution >= 0.6 is 0 Å². The number of para-hydroxylation sites is 2. The molecule has 0 bridgehead atoms. The Morgan fingerprint density at radius 1 is 1.22 bits per heavy atom. The summed E-state index contributed by atoms with van der Waals surface area (Å²) < 4.78 is 10.1. The van der Waals surface area contributed by atoms with Crippen LogP contribution in [0, 0.1) is 0 Å². The number of hydrogen-bond acceptors (Lipinski definition) is 1. The third-order valence-corrected chi connectivity index (χ3v) is 2.99. The lowest BCUT2D eigenvalue weighted by atomic mass is 10.3. The highest BCUT2D eigenvalue weighted by Crippen LogP contribution is 2.10. The van der Waals surface area contributed by atoms with E-state index in [9.17, 15) is 0 Å². The Bertz CT molecular complexity index is 482. The molecule has 1 aromatic heterocycles.